The van der Waals surface area contributed by atoms with Crippen molar-refractivity contribution in [2.45, 2.75) is 39.2 Å². The van der Waals surface area contributed by atoms with Crippen molar-refractivity contribution < 1.29 is 23.9 Å². The van der Waals surface area contributed by atoms with Gasteiger partial charge in [0.1, 0.15) is 12.1 Å². The first-order valence-corrected chi connectivity index (χ1v) is 7.62. The third-order valence-corrected chi connectivity index (χ3v) is 2.91. The van der Waals surface area contributed by atoms with Crippen LogP contribution in [0.2, 0.25) is 0 Å². The second-order valence-corrected chi connectivity index (χ2v) is 6.14. The van der Waals surface area contributed by atoms with E-state index in [0.29, 0.717) is 12.1 Å². The number of benzene rings is 1. The fraction of sp³-hybridized carbons (Fsp3) is 0.471. The third-order valence-electron chi connectivity index (χ3n) is 2.91. The molecule has 132 valence electrons. The lowest BCUT2D eigenvalue weighted by atomic mass is 10.1. The minimum atomic E-state index is -0.656. The average Bonchev–Trinajstić information content (AvgIpc) is 2.50. The molecule has 7 nitrogen and oxygen atoms in total. The quantitative estimate of drug-likeness (QED) is 0.777. The number of hydrogen-bond acceptors (Lipinski definition) is 5. The van der Waals surface area contributed by atoms with Crippen LogP contribution in [0, 0.1) is 0 Å². The second-order valence-electron chi connectivity index (χ2n) is 6.14. The molecule has 2 amide bonds. The molecule has 0 spiro atoms. The van der Waals surface area contributed by atoms with Crippen molar-refractivity contribution in [3.8, 4) is 0 Å². The van der Waals surface area contributed by atoms with E-state index >= 15 is 0 Å². The predicted molar refractivity (Wildman–Crippen MR) is 89.6 cm³/mol. The van der Waals surface area contributed by atoms with Crippen molar-refractivity contribution >= 4 is 23.7 Å². The highest BCUT2D eigenvalue weighted by molar-refractivity contribution is 5.94. The lowest BCUT2D eigenvalue weighted by Crippen LogP contribution is -2.37. The van der Waals surface area contributed by atoms with Crippen molar-refractivity contribution in [1.29, 1.82) is 0 Å². The minimum Gasteiger partial charge on any atom is -0.469 e. The van der Waals surface area contributed by atoms with Crippen LogP contribution in [0.3, 0.4) is 0 Å². The summed E-state index contributed by atoms with van der Waals surface area (Å²) in [5.41, 5.74) is 0.784. The minimum absolute atomic E-state index is 0.208. The summed E-state index contributed by atoms with van der Waals surface area (Å²) in [6.45, 7) is 5.01. The van der Waals surface area contributed by atoms with E-state index < -0.39 is 11.7 Å². The lowest BCUT2D eigenvalue weighted by molar-refractivity contribution is -0.140. The molecular formula is C17H24N2O5. The van der Waals surface area contributed by atoms with Gasteiger partial charge in [-0.15, -0.1) is 0 Å². The number of rotatable bonds is 6. The largest absolute Gasteiger partial charge is 0.469 e. The van der Waals surface area contributed by atoms with E-state index in [-0.39, 0.29) is 24.8 Å². The van der Waals surface area contributed by atoms with E-state index in [2.05, 4.69) is 15.4 Å². The van der Waals surface area contributed by atoms with Crippen molar-refractivity contribution in [3.05, 3.63) is 29.8 Å². The van der Waals surface area contributed by atoms with Crippen LogP contribution < -0.4 is 10.6 Å². The van der Waals surface area contributed by atoms with E-state index in [1.807, 2.05) is 12.1 Å². The highest BCUT2D eigenvalue weighted by Gasteiger charge is 2.17. The average molecular weight is 336 g/mol. The third kappa shape index (κ3) is 7.62. The van der Waals surface area contributed by atoms with Crippen molar-refractivity contribution in [2.24, 2.45) is 0 Å². The number of aryl methyl sites for hydroxylation is 1. The zero-order chi connectivity index (χ0) is 18.2. The number of esters is 1. The predicted octanol–water partition coefficient (Wildman–Crippen LogP) is 2.26. The molecule has 0 heterocycles. The maximum atomic E-state index is 12.0. The Morgan fingerprint density at radius 1 is 1.12 bits per heavy atom. The maximum absolute atomic E-state index is 12.0. The lowest BCUT2D eigenvalue weighted by Gasteiger charge is -2.19. The molecule has 7 heteroatoms. The van der Waals surface area contributed by atoms with Crippen molar-refractivity contribution in [1.82, 2.24) is 5.32 Å². The van der Waals surface area contributed by atoms with Gasteiger partial charge in [0.2, 0.25) is 5.91 Å². The molecule has 0 aliphatic rings. The number of methoxy groups -OCH3 is 1. The van der Waals surface area contributed by atoms with Crippen LogP contribution in [0.5, 0.6) is 0 Å². The van der Waals surface area contributed by atoms with Gasteiger partial charge in [-0.3, -0.25) is 9.59 Å². The number of nitrogens with one attached hydrogen (secondary N) is 2. The number of ether oxygens (including phenoxy) is 2. The van der Waals surface area contributed by atoms with E-state index in [1.165, 1.54) is 7.11 Å². The number of hydrogen-bond donors (Lipinski definition) is 2. The highest BCUT2D eigenvalue weighted by atomic mass is 16.6. The summed E-state index contributed by atoms with van der Waals surface area (Å²) < 4.78 is 9.67. The standard InChI is InChI=1S/C17H24N2O5/c1-17(2,3)24-16(22)18-11-14(20)19-13-8-6-5-7-12(13)9-10-15(21)23-4/h5-8H,9-11H2,1-4H3,(H,18,22)(H,19,20). The van der Waals surface area contributed by atoms with Crippen molar-refractivity contribution in [2.75, 3.05) is 19.0 Å². The maximum Gasteiger partial charge on any atom is 0.408 e. The molecule has 2 N–H and O–H groups in total. The Balaban J connectivity index is 2.55. The van der Waals surface area contributed by atoms with Gasteiger partial charge in [-0.2, -0.15) is 0 Å². The molecule has 24 heavy (non-hydrogen) atoms. The molecule has 0 saturated carbocycles. The molecule has 1 aromatic rings. The van der Waals surface area contributed by atoms with Gasteiger partial charge in [0, 0.05) is 12.1 Å². The SMILES string of the molecule is COC(=O)CCc1ccccc1NC(=O)CNC(=O)OC(C)(C)C. The molecular weight excluding hydrogens is 312 g/mol. The molecule has 0 aromatic heterocycles. The zero-order valence-corrected chi connectivity index (χ0v) is 14.5. The van der Waals surface area contributed by atoms with E-state index in [0.717, 1.165) is 5.56 Å². The molecule has 0 atom stereocenters. The Labute approximate surface area is 141 Å². The molecule has 0 aliphatic carbocycles. The molecule has 0 fully saturated rings. The number of amides is 2. The van der Waals surface area contributed by atoms with Gasteiger partial charge in [0.15, 0.2) is 0 Å². The molecule has 0 saturated heterocycles. The van der Waals surface area contributed by atoms with Gasteiger partial charge < -0.3 is 20.1 Å². The number of alkyl carbamates (subject to hydrolysis) is 1. The van der Waals surface area contributed by atoms with Gasteiger partial charge >= 0.3 is 12.1 Å². The Bertz CT molecular complexity index is 593. The molecule has 0 aliphatic heterocycles. The molecule has 1 aromatic carbocycles. The van der Waals surface area contributed by atoms with Gasteiger partial charge in [-0.25, -0.2) is 4.79 Å². The number of carbonyl (C=O) groups is 3. The number of para-hydroxylation sites is 1. The smallest absolute Gasteiger partial charge is 0.408 e. The Morgan fingerprint density at radius 2 is 1.79 bits per heavy atom. The van der Waals surface area contributed by atoms with Gasteiger partial charge in [-0.1, -0.05) is 18.2 Å². The van der Waals surface area contributed by atoms with Gasteiger partial charge in [-0.05, 0) is 38.8 Å². The Hall–Kier alpha value is -2.57. The molecule has 0 bridgehead atoms. The van der Waals surface area contributed by atoms with E-state index in [9.17, 15) is 14.4 Å². The van der Waals surface area contributed by atoms with Crippen LogP contribution in [-0.2, 0) is 25.5 Å². The van der Waals surface area contributed by atoms with Crippen molar-refractivity contribution in [3.63, 3.8) is 0 Å². The fourth-order valence-corrected chi connectivity index (χ4v) is 1.86. The summed E-state index contributed by atoms with van der Waals surface area (Å²) in [5, 5.41) is 5.10. The Kier molecular flexibility index (Phi) is 7.23. The first-order chi connectivity index (χ1) is 11.2. The topological polar surface area (TPSA) is 93.7 Å². The van der Waals surface area contributed by atoms with Crippen LogP contribution in [0.25, 0.3) is 0 Å². The number of anilines is 1. The summed E-state index contributed by atoms with van der Waals surface area (Å²) in [7, 11) is 1.33. The fourth-order valence-electron chi connectivity index (χ4n) is 1.86. The van der Waals surface area contributed by atoms with Crippen LogP contribution in [0.4, 0.5) is 10.5 Å². The summed E-state index contributed by atoms with van der Waals surface area (Å²) in [6.07, 6.45) is 0.0129. The van der Waals surface area contributed by atoms with E-state index in [1.54, 1.807) is 32.9 Å². The highest BCUT2D eigenvalue weighted by Crippen LogP contribution is 2.17. The molecule has 0 unspecified atom stereocenters. The first-order valence-electron chi connectivity index (χ1n) is 7.62. The van der Waals surface area contributed by atoms with Gasteiger partial charge in [0.25, 0.3) is 0 Å². The normalized spacial score (nSPS) is 10.7. The van der Waals surface area contributed by atoms with Crippen LogP contribution >= 0.6 is 0 Å². The second kappa shape index (κ2) is 8.90. The molecule has 1 rings (SSSR count). The Morgan fingerprint density at radius 3 is 2.42 bits per heavy atom. The molecule has 0 radical (unpaired) electrons. The van der Waals surface area contributed by atoms with Crippen LogP contribution in [0.15, 0.2) is 24.3 Å². The number of carbonyl (C=O) groups excluding carboxylic acids is 3. The summed E-state index contributed by atoms with van der Waals surface area (Å²) in [4.78, 5) is 34.7. The summed E-state index contributed by atoms with van der Waals surface area (Å²) in [5.74, 6) is -0.700. The summed E-state index contributed by atoms with van der Waals surface area (Å²) in [6, 6.07) is 7.15. The first kappa shape index (κ1) is 19.5. The van der Waals surface area contributed by atoms with Gasteiger partial charge in [0.05, 0.1) is 7.11 Å². The van der Waals surface area contributed by atoms with Crippen LogP contribution in [0.1, 0.15) is 32.8 Å². The van der Waals surface area contributed by atoms with E-state index in [4.69, 9.17) is 4.74 Å². The summed E-state index contributed by atoms with van der Waals surface area (Å²) >= 11 is 0. The zero-order valence-electron chi connectivity index (χ0n) is 14.5. The van der Waals surface area contributed by atoms with Crippen LogP contribution in [-0.4, -0.2) is 37.2 Å². The monoisotopic (exact) mass is 336 g/mol.